The zero-order valence-corrected chi connectivity index (χ0v) is 12.0. The highest BCUT2D eigenvalue weighted by Crippen LogP contribution is 2.34. The molecule has 2 aliphatic rings. The molecule has 0 spiro atoms. The molecule has 0 bridgehead atoms. The predicted octanol–water partition coefficient (Wildman–Crippen LogP) is 2.67. The summed E-state index contributed by atoms with van der Waals surface area (Å²) < 4.78 is 0. The topological polar surface area (TPSA) is 57.6 Å². The number of aliphatic carboxylic acids is 1. The van der Waals surface area contributed by atoms with Gasteiger partial charge in [-0.3, -0.25) is 9.59 Å². The van der Waals surface area contributed by atoms with Crippen molar-refractivity contribution in [2.24, 2.45) is 11.8 Å². The lowest BCUT2D eigenvalue weighted by molar-refractivity contribution is -0.146. The molecular weight excluding hydrogens is 242 g/mol. The molecule has 108 valence electrons. The molecule has 0 radical (unpaired) electrons. The highest BCUT2D eigenvalue weighted by molar-refractivity contribution is 5.80. The summed E-state index contributed by atoms with van der Waals surface area (Å²) in [4.78, 5) is 25.7. The van der Waals surface area contributed by atoms with Crippen LogP contribution in [0.5, 0.6) is 0 Å². The molecule has 1 heterocycles. The Kier molecular flexibility index (Phi) is 4.48. The van der Waals surface area contributed by atoms with Crippen LogP contribution in [0.3, 0.4) is 0 Å². The number of hydrogen-bond acceptors (Lipinski definition) is 2. The number of carboxylic acid groups (broad SMARTS) is 1. The molecule has 2 atom stereocenters. The Hall–Kier alpha value is -1.06. The second-order valence-corrected chi connectivity index (χ2v) is 6.12. The van der Waals surface area contributed by atoms with E-state index in [1.54, 1.807) is 0 Å². The van der Waals surface area contributed by atoms with Crippen LogP contribution in [0.25, 0.3) is 0 Å². The molecule has 4 heteroatoms. The van der Waals surface area contributed by atoms with Crippen LogP contribution in [0.4, 0.5) is 0 Å². The summed E-state index contributed by atoms with van der Waals surface area (Å²) in [7, 11) is 0. The van der Waals surface area contributed by atoms with Gasteiger partial charge in [0.15, 0.2) is 0 Å². The van der Waals surface area contributed by atoms with Crippen molar-refractivity contribution in [2.45, 2.75) is 70.9 Å². The van der Waals surface area contributed by atoms with Gasteiger partial charge in [-0.25, -0.2) is 0 Å². The van der Waals surface area contributed by atoms with Gasteiger partial charge in [0.1, 0.15) is 0 Å². The monoisotopic (exact) mass is 267 g/mol. The number of carbonyl (C=O) groups excluding carboxylic acids is 1. The van der Waals surface area contributed by atoms with Crippen molar-refractivity contribution >= 4 is 11.9 Å². The summed E-state index contributed by atoms with van der Waals surface area (Å²) in [6, 6.07) is 0.759. The van der Waals surface area contributed by atoms with Crippen LogP contribution < -0.4 is 0 Å². The van der Waals surface area contributed by atoms with E-state index in [0.29, 0.717) is 24.9 Å². The van der Waals surface area contributed by atoms with Crippen molar-refractivity contribution in [3.8, 4) is 0 Å². The quantitative estimate of drug-likeness (QED) is 0.855. The summed E-state index contributed by atoms with van der Waals surface area (Å²) in [6.45, 7) is 4.28. The van der Waals surface area contributed by atoms with Crippen LogP contribution in [0, 0.1) is 11.8 Å². The molecule has 1 saturated carbocycles. The van der Waals surface area contributed by atoms with E-state index >= 15 is 0 Å². The van der Waals surface area contributed by atoms with Crippen LogP contribution in [-0.2, 0) is 9.59 Å². The summed E-state index contributed by atoms with van der Waals surface area (Å²) in [5.41, 5.74) is 0. The van der Waals surface area contributed by atoms with Crippen molar-refractivity contribution in [3.05, 3.63) is 0 Å². The van der Waals surface area contributed by atoms with Gasteiger partial charge in [0.05, 0.1) is 5.92 Å². The van der Waals surface area contributed by atoms with Crippen LogP contribution in [0.2, 0.25) is 0 Å². The van der Waals surface area contributed by atoms with Gasteiger partial charge in [-0.05, 0) is 51.9 Å². The van der Waals surface area contributed by atoms with E-state index in [9.17, 15) is 9.59 Å². The van der Waals surface area contributed by atoms with Crippen LogP contribution in [-0.4, -0.2) is 34.0 Å². The molecule has 0 aromatic carbocycles. The molecule has 2 unspecified atom stereocenters. The van der Waals surface area contributed by atoms with Gasteiger partial charge in [-0.15, -0.1) is 0 Å². The maximum absolute atomic E-state index is 12.6. The number of rotatable bonds is 3. The maximum Gasteiger partial charge on any atom is 0.306 e. The second kappa shape index (κ2) is 5.93. The highest BCUT2D eigenvalue weighted by atomic mass is 16.4. The average Bonchev–Trinajstić information content (AvgIpc) is 2.79. The number of carboxylic acids is 1. The van der Waals surface area contributed by atoms with Crippen molar-refractivity contribution in [1.29, 1.82) is 0 Å². The average molecular weight is 267 g/mol. The molecule has 1 aliphatic heterocycles. The molecule has 0 aromatic heterocycles. The predicted molar refractivity (Wildman–Crippen MR) is 72.7 cm³/mol. The molecule has 2 rings (SSSR count). The molecule has 4 nitrogen and oxygen atoms in total. The Morgan fingerprint density at radius 1 is 1.05 bits per heavy atom. The van der Waals surface area contributed by atoms with E-state index < -0.39 is 5.97 Å². The Morgan fingerprint density at radius 2 is 1.63 bits per heavy atom. The summed E-state index contributed by atoms with van der Waals surface area (Å²) >= 11 is 0. The minimum atomic E-state index is -0.702. The minimum Gasteiger partial charge on any atom is -0.481 e. The first kappa shape index (κ1) is 14.4. The van der Waals surface area contributed by atoms with E-state index in [-0.39, 0.29) is 17.7 Å². The first-order valence-corrected chi connectivity index (χ1v) is 7.59. The third-order valence-electron chi connectivity index (χ3n) is 4.94. The Morgan fingerprint density at radius 3 is 2.16 bits per heavy atom. The maximum atomic E-state index is 12.6. The van der Waals surface area contributed by atoms with Gasteiger partial charge in [-0.2, -0.15) is 0 Å². The number of carbonyl (C=O) groups is 2. The lowest BCUT2D eigenvalue weighted by Crippen LogP contribution is -2.44. The fraction of sp³-hybridized carbons (Fsp3) is 0.867. The van der Waals surface area contributed by atoms with Crippen molar-refractivity contribution in [3.63, 3.8) is 0 Å². The van der Waals surface area contributed by atoms with E-state index in [2.05, 4.69) is 18.7 Å². The van der Waals surface area contributed by atoms with E-state index in [0.717, 1.165) is 32.1 Å². The number of hydrogen-bond donors (Lipinski definition) is 1. The van der Waals surface area contributed by atoms with Gasteiger partial charge in [0.25, 0.3) is 0 Å². The van der Waals surface area contributed by atoms with Gasteiger partial charge in [0.2, 0.25) is 5.91 Å². The molecule has 19 heavy (non-hydrogen) atoms. The molecule has 1 amide bonds. The zero-order valence-electron chi connectivity index (χ0n) is 12.0. The molecule has 0 aromatic rings. The van der Waals surface area contributed by atoms with Gasteiger partial charge in [-0.1, -0.05) is 6.92 Å². The zero-order chi connectivity index (χ0) is 14.0. The fourth-order valence-corrected chi connectivity index (χ4v) is 3.67. The Labute approximate surface area is 115 Å². The lowest BCUT2D eigenvalue weighted by Gasteiger charge is -2.34. The van der Waals surface area contributed by atoms with E-state index in [1.807, 2.05) is 0 Å². The van der Waals surface area contributed by atoms with Gasteiger partial charge in [0, 0.05) is 18.0 Å². The third kappa shape index (κ3) is 2.93. The SMILES string of the molecule is CCC1CCC(C)N1C(=O)C1CCC(C(=O)O)CC1. The van der Waals surface area contributed by atoms with Crippen molar-refractivity contribution in [1.82, 2.24) is 4.90 Å². The van der Waals surface area contributed by atoms with Crippen molar-refractivity contribution < 1.29 is 14.7 Å². The molecule has 1 saturated heterocycles. The van der Waals surface area contributed by atoms with Gasteiger partial charge >= 0.3 is 5.97 Å². The minimum absolute atomic E-state index is 0.0604. The summed E-state index contributed by atoms with van der Waals surface area (Å²) in [6.07, 6.45) is 6.06. The summed E-state index contributed by atoms with van der Waals surface area (Å²) in [5.74, 6) is -0.597. The fourth-order valence-electron chi connectivity index (χ4n) is 3.67. The number of likely N-dealkylation sites (tertiary alicyclic amines) is 1. The first-order valence-electron chi connectivity index (χ1n) is 7.59. The molecule has 1 aliphatic carbocycles. The Bertz CT molecular complexity index is 347. The lowest BCUT2D eigenvalue weighted by atomic mass is 9.81. The smallest absolute Gasteiger partial charge is 0.306 e. The third-order valence-corrected chi connectivity index (χ3v) is 4.94. The van der Waals surface area contributed by atoms with Crippen molar-refractivity contribution in [2.75, 3.05) is 0 Å². The Balaban J connectivity index is 1.95. The first-order chi connectivity index (χ1) is 9.04. The highest BCUT2D eigenvalue weighted by Gasteiger charge is 2.38. The second-order valence-electron chi connectivity index (χ2n) is 6.12. The summed E-state index contributed by atoms with van der Waals surface area (Å²) in [5, 5.41) is 9.00. The molecule has 1 N–H and O–H groups in total. The largest absolute Gasteiger partial charge is 0.481 e. The normalized spacial score (nSPS) is 35.4. The van der Waals surface area contributed by atoms with Crippen LogP contribution in [0.15, 0.2) is 0 Å². The number of nitrogens with zero attached hydrogens (tertiary/aromatic N) is 1. The van der Waals surface area contributed by atoms with Gasteiger partial charge < -0.3 is 10.0 Å². The molecular formula is C15H25NO3. The standard InChI is InChI=1S/C15H25NO3/c1-3-13-9-4-10(2)16(13)14(17)11-5-7-12(8-6-11)15(18)19/h10-13H,3-9H2,1-2H3,(H,18,19). The van der Waals surface area contributed by atoms with E-state index in [1.165, 1.54) is 0 Å². The molecule has 2 fully saturated rings. The van der Waals surface area contributed by atoms with Crippen LogP contribution >= 0.6 is 0 Å². The van der Waals surface area contributed by atoms with Crippen LogP contribution in [0.1, 0.15) is 58.8 Å². The number of amides is 1. The van der Waals surface area contributed by atoms with E-state index in [4.69, 9.17) is 5.11 Å².